The van der Waals surface area contributed by atoms with Gasteiger partial charge in [-0.15, -0.1) is 0 Å². The molecule has 12 heteroatoms. The number of methoxy groups -OCH3 is 1. The van der Waals surface area contributed by atoms with E-state index in [4.69, 9.17) is 30.8 Å². The molecule has 2 aromatic heterocycles. The molecule has 208 valence electrons. The van der Waals surface area contributed by atoms with Crippen molar-refractivity contribution in [3.05, 3.63) is 59.4 Å². The minimum Gasteiger partial charge on any atom is -0.497 e. The van der Waals surface area contributed by atoms with Crippen molar-refractivity contribution >= 4 is 40.3 Å². The van der Waals surface area contributed by atoms with Crippen molar-refractivity contribution in [1.29, 1.82) is 0 Å². The van der Waals surface area contributed by atoms with Gasteiger partial charge in [0, 0.05) is 44.9 Å². The van der Waals surface area contributed by atoms with E-state index >= 15 is 0 Å². The fourth-order valence-electron chi connectivity index (χ4n) is 4.87. The molecule has 0 aliphatic carbocycles. The maximum absolute atomic E-state index is 12.8. The second-order valence-electron chi connectivity index (χ2n) is 9.66. The van der Waals surface area contributed by atoms with Crippen LogP contribution in [-0.4, -0.2) is 76.7 Å². The van der Waals surface area contributed by atoms with Gasteiger partial charge >= 0.3 is 0 Å². The van der Waals surface area contributed by atoms with Crippen LogP contribution in [0.15, 0.2) is 48.5 Å². The monoisotopic (exact) mass is 563 g/mol. The van der Waals surface area contributed by atoms with Gasteiger partial charge in [-0.25, -0.2) is 4.98 Å². The van der Waals surface area contributed by atoms with Crippen LogP contribution in [0.25, 0.3) is 11.0 Å². The van der Waals surface area contributed by atoms with Gasteiger partial charge in [0.15, 0.2) is 0 Å². The third kappa shape index (κ3) is 5.75. The molecule has 1 atom stereocenters. The summed E-state index contributed by atoms with van der Waals surface area (Å²) in [6.07, 6.45) is 1.40. The molecule has 2 aliphatic rings. The van der Waals surface area contributed by atoms with Gasteiger partial charge in [0.2, 0.25) is 11.8 Å². The van der Waals surface area contributed by atoms with Gasteiger partial charge in [-0.2, -0.15) is 9.97 Å². The number of aromatic nitrogens is 4. The van der Waals surface area contributed by atoms with Crippen LogP contribution in [0.3, 0.4) is 0 Å². The summed E-state index contributed by atoms with van der Waals surface area (Å²) in [7, 11) is 1.58. The van der Waals surface area contributed by atoms with Crippen molar-refractivity contribution in [1.82, 2.24) is 24.8 Å². The number of nitrogens with zero attached hydrogens (tertiary/aromatic N) is 5. The first-order chi connectivity index (χ1) is 19.6. The Kier molecular flexibility index (Phi) is 7.56. The lowest BCUT2D eigenvalue weighted by molar-refractivity contribution is -0.141. The Labute approximate surface area is 236 Å². The van der Waals surface area contributed by atoms with Gasteiger partial charge < -0.3 is 34.3 Å². The minimum atomic E-state index is -0.317. The molecule has 2 N–H and O–H groups in total. The average molecular weight is 564 g/mol. The zero-order valence-electron chi connectivity index (χ0n) is 22.1. The Hall–Kier alpha value is -4.09. The van der Waals surface area contributed by atoms with Gasteiger partial charge in [0.25, 0.3) is 5.91 Å². The van der Waals surface area contributed by atoms with Gasteiger partial charge in [-0.3, -0.25) is 4.79 Å². The van der Waals surface area contributed by atoms with Crippen LogP contribution in [-0.2, 0) is 16.1 Å². The Morgan fingerprint density at radius 3 is 2.73 bits per heavy atom. The molecular formula is C28H30ClN7O4. The molecule has 1 unspecified atom stereocenters. The van der Waals surface area contributed by atoms with Crippen molar-refractivity contribution in [3.63, 3.8) is 0 Å². The zero-order chi connectivity index (χ0) is 27.5. The number of nitrogens with one attached hydrogen (secondary N) is 2. The number of H-pyrrole nitrogens is 1. The summed E-state index contributed by atoms with van der Waals surface area (Å²) in [5.41, 5.74) is 1.87. The molecule has 40 heavy (non-hydrogen) atoms. The van der Waals surface area contributed by atoms with Crippen LogP contribution in [0.1, 0.15) is 18.7 Å². The van der Waals surface area contributed by atoms with Gasteiger partial charge in [0.1, 0.15) is 29.2 Å². The number of para-hydroxylation sites is 2. The molecule has 0 saturated carbocycles. The minimum absolute atomic E-state index is 0.0671. The average Bonchev–Trinajstić information content (AvgIpc) is 3.67. The smallest absolute Gasteiger partial charge is 0.251 e. The molecular weight excluding hydrogens is 534 g/mol. The number of aromatic amines is 1. The van der Waals surface area contributed by atoms with E-state index in [0.717, 1.165) is 29.7 Å². The highest BCUT2D eigenvalue weighted by atomic mass is 35.5. The maximum Gasteiger partial charge on any atom is 0.251 e. The Morgan fingerprint density at radius 1 is 1.12 bits per heavy atom. The second kappa shape index (κ2) is 11.6. The molecule has 1 amide bonds. The fourth-order valence-corrected chi connectivity index (χ4v) is 5.08. The summed E-state index contributed by atoms with van der Waals surface area (Å²) in [6, 6.07) is 14.8. The lowest BCUT2D eigenvalue weighted by Crippen LogP contribution is -2.51. The first kappa shape index (κ1) is 26.1. The number of carbonyl (C=O) groups is 1. The standard InChI is InChI=1S/C28H30ClN7O4/c1-38-18-8-9-22(19(29)15-18)40-26-16-24(30-17-25-31-20-5-2-3-6-21(20)32-25)33-28(34-26)36-12-10-35(11-13-36)27(37)23-7-4-14-39-23/h2-3,5-6,8-9,15-16,23H,4,7,10-14,17H2,1H3,(H,31,32)(H,30,33,34). The predicted octanol–water partition coefficient (Wildman–Crippen LogP) is 4.25. The SMILES string of the molecule is COc1ccc(Oc2cc(NCc3nc4ccccc4[nH]3)nc(N3CCN(C(=O)C4CCCO4)CC3)n2)c(Cl)c1. The van der Waals surface area contributed by atoms with Gasteiger partial charge in [0.05, 0.1) is 29.7 Å². The number of hydrogen-bond acceptors (Lipinski definition) is 9. The quantitative estimate of drug-likeness (QED) is 0.324. The number of benzene rings is 2. The molecule has 0 radical (unpaired) electrons. The second-order valence-corrected chi connectivity index (χ2v) is 10.1. The zero-order valence-corrected chi connectivity index (χ0v) is 22.9. The van der Waals surface area contributed by atoms with Crippen LogP contribution >= 0.6 is 11.6 Å². The van der Waals surface area contributed by atoms with E-state index < -0.39 is 0 Å². The summed E-state index contributed by atoms with van der Waals surface area (Å²) in [5, 5.41) is 3.74. The van der Waals surface area contributed by atoms with Crippen LogP contribution in [0.5, 0.6) is 17.4 Å². The molecule has 2 aromatic carbocycles. The van der Waals surface area contributed by atoms with Crippen molar-refractivity contribution in [3.8, 4) is 17.4 Å². The largest absolute Gasteiger partial charge is 0.497 e. The normalized spacial score (nSPS) is 17.3. The Bertz CT molecular complexity index is 1470. The predicted molar refractivity (Wildman–Crippen MR) is 151 cm³/mol. The van der Waals surface area contributed by atoms with Crippen molar-refractivity contribution in [2.24, 2.45) is 0 Å². The maximum atomic E-state index is 12.8. The number of ether oxygens (including phenoxy) is 3. The summed E-state index contributed by atoms with van der Waals surface area (Å²) in [6.45, 7) is 3.40. The molecule has 11 nitrogen and oxygen atoms in total. The first-order valence-electron chi connectivity index (χ1n) is 13.3. The molecule has 6 rings (SSSR count). The topological polar surface area (TPSA) is 118 Å². The number of imidazole rings is 1. The number of hydrogen-bond donors (Lipinski definition) is 2. The van der Waals surface area contributed by atoms with Crippen molar-refractivity contribution in [2.75, 3.05) is 50.1 Å². The highest BCUT2D eigenvalue weighted by molar-refractivity contribution is 6.32. The van der Waals surface area contributed by atoms with Crippen LogP contribution < -0.4 is 19.7 Å². The van der Waals surface area contributed by atoms with E-state index in [0.29, 0.717) is 73.5 Å². The van der Waals surface area contributed by atoms with Gasteiger partial charge in [-0.05, 0) is 37.1 Å². The molecule has 0 spiro atoms. The summed E-state index contributed by atoms with van der Waals surface area (Å²) >= 11 is 6.43. The van der Waals surface area contributed by atoms with Crippen LogP contribution in [0, 0.1) is 0 Å². The molecule has 2 saturated heterocycles. The number of carbonyl (C=O) groups excluding carboxylic acids is 1. The Morgan fingerprint density at radius 2 is 1.98 bits per heavy atom. The van der Waals surface area contributed by atoms with E-state index in [-0.39, 0.29) is 12.0 Å². The van der Waals surface area contributed by atoms with Crippen molar-refractivity contribution < 1.29 is 19.0 Å². The van der Waals surface area contributed by atoms with E-state index in [1.54, 1.807) is 31.4 Å². The number of anilines is 2. The third-order valence-corrected chi connectivity index (χ3v) is 7.29. The molecule has 4 heterocycles. The van der Waals surface area contributed by atoms with E-state index in [2.05, 4.69) is 20.3 Å². The van der Waals surface area contributed by atoms with Crippen molar-refractivity contribution in [2.45, 2.75) is 25.5 Å². The summed E-state index contributed by atoms with van der Waals surface area (Å²) < 4.78 is 16.9. The lowest BCUT2D eigenvalue weighted by Gasteiger charge is -2.35. The number of halogens is 1. The van der Waals surface area contributed by atoms with E-state index in [1.165, 1.54) is 0 Å². The first-order valence-corrected chi connectivity index (χ1v) is 13.7. The van der Waals surface area contributed by atoms with E-state index in [1.807, 2.05) is 34.1 Å². The molecule has 2 aliphatic heterocycles. The van der Waals surface area contributed by atoms with Gasteiger partial charge in [-0.1, -0.05) is 23.7 Å². The number of piperazine rings is 1. The van der Waals surface area contributed by atoms with Crippen LogP contribution in [0.2, 0.25) is 5.02 Å². The van der Waals surface area contributed by atoms with E-state index in [9.17, 15) is 4.79 Å². The number of fused-ring (bicyclic) bond motifs is 1. The molecule has 4 aromatic rings. The number of rotatable bonds is 8. The third-order valence-electron chi connectivity index (χ3n) is 7.00. The summed E-state index contributed by atoms with van der Waals surface area (Å²) in [5.74, 6) is 3.33. The highest BCUT2D eigenvalue weighted by Crippen LogP contribution is 2.33. The lowest BCUT2D eigenvalue weighted by atomic mass is 10.2. The summed E-state index contributed by atoms with van der Waals surface area (Å²) in [4.78, 5) is 34.1. The highest BCUT2D eigenvalue weighted by Gasteiger charge is 2.31. The number of amides is 1. The Balaban J connectivity index is 1.21. The molecule has 0 bridgehead atoms. The molecule has 2 fully saturated rings. The van der Waals surface area contributed by atoms with Crippen LogP contribution in [0.4, 0.5) is 11.8 Å². The fraction of sp³-hybridized carbons (Fsp3) is 0.357.